The van der Waals surface area contributed by atoms with Gasteiger partial charge in [0.2, 0.25) is 10.0 Å². The van der Waals surface area contributed by atoms with Crippen molar-refractivity contribution < 1.29 is 8.42 Å². The summed E-state index contributed by atoms with van der Waals surface area (Å²) >= 11 is 0. The van der Waals surface area contributed by atoms with Gasteiger partial charge in [0.05, 0.1) is 11.8 Å². The molecular weight excluding hydrogens is 356 g/mol. The average Bonchev–Trinajstić information content (AvgIpc) is 2.67. The Labute approximate surface area is 160 Å². The second kappa shape index (κ2) is 7.25. The number of nitrogens with zero attached hydrogens (tertiary/aromatic N) is 2. The second-order valence-corrected chi connectivity index (χ2v) is 8.92. The van der Waals surface area contributed by atoms with Gasteiger partial charge in [-0.2, -0.15) is 4.31 Å². The molecule has 4 rings (SSSR count). The predicted molar refractivity (Wildman–Crippen MR) is 107 cm³/mol. The summed E-state index contributed by atoms with van der Waals surface area (Å²) in [7, 11) is -3.49. The zero-order valence-electron chi connectivity index (χ0n) is 15.2. The van der Waals surface area contributed by atoms with Crippen LogP contribution in [-0.4, -0.2) is 24.3 Å². The third-order valence-electron chi connectivity index (χ3n) is 5.03. The first-order valence-electron chi connectivity index (χ1n) is 9.07. The van der Waals surface area contributed by atoms with Crippen molar-refractivity contribution in [3.63, 3.8) is 0 Å². The minimum atomic E-state index is -3.49. The maximum atomic E-state index is 13.4. The van der Waals surface area contributed by atoms with Gasteiger partial charge in [0.1, 0.15) is 0 Å². The monoisotopic (exact) mass is 378 g/mol. The van der Waals surface area contributed by atoms with Gasteiger partial charge in [-0.15, -0.1) is 0 Å². The second-order valence-electron chi connectivity index (χ2n) is 6.99. The van der Waals surface area contributed by atoms with Crippen molar-refractivity contribution in [3.05, 3.63) is 101 Å². The normalized spacial score (nSPS) is 17.4. The average molecular weight is 378 g/mol. The van der Waals surface area contributed by atoms with E-state index < -0.39 is 10.0 Å². The molecule has 27 heavy (non-hydrogen) atoms. The molecule has 1 aliphatic heterocycles. The smallest absolute Gasteiger partial charge is 0.219 e. The summed E-state index contributed by atoms with van der Waals surface area (Å²) in [5, 5.41) is 0. The highest BCUT2D eigenvalue weighted by atomic mass is 32.2. The minimum Gasteiger partial charge on any atom is -0.264 e. The summed E-state index contributed by atoms with van der Waals surface area (Å²) in [6.07, 6.45) is 4.20. The molecule has 0 radical (unpaired) electrons. The number of fused-ring (bicyclic) bond motifs is 1. The van der Waals surface area contributed by atoms with Crippen molar-refractivity contribution in [3.8, 4) is 0 Å². The van der Waals surface area contributed by atoms with E-state index in [9.17, 15) is 8.42 Å². The first-order chi connectivity index (χ1) is 13.0. The fourth-order valence-corrected chi connectivity index (χ4v) is 5.51. The van der Waals surface area contributed by atoms with E-state index in [1.807, 2.05) is 61.5 Å². The van der Waals surface area contributed by atoms with Crippen molar-refractivity contribution in [1.29, 1.82) is 0 Å². The van der Waals surface area contributed by atoms with E-state index in [1.165, 1.54) is 5.56 Å². The highest BCUT2D eigenvalue weighted by Crippen LogP contribution is 2.37. The maximum absolute atomic E-state index is 13.4. The van der Waals surface area contributed by atoms with Crippen molar-refractivity contribution >= 4 is 10.0 Å². The molecule has 0 bridgehead atoms. The van der Waals surface area contributed by atoms with E-state index >= 15 is 0 Å². The molecule has 0 saturated heterocycles. The Balaban J connectivity index is 1.76. The molecule has 2 aromatic carbocycles. The van der Waals surface area contributed by atoms with Gasteiger partial charge < -0.3 is 0 Å². The molecule has 0 saturated carbocycles. The van der Waals surface area contributed by atoms with Crippen molar-refractivity contribution in [2.24, 2.45) is 0 Å². The lowest BCUT2D eigenvalue weighted by atomic mass is 9.91. The Morgan fingerprint density at radius 2 is 1.93 bits per heavy atom. The van der Waals surface area contributed by atoms with Gasteiger partial charge in [-0.25, -0.2) is 8.42 Å². The highest BCUT2D eigenvalue weighted by Gasteiger charge is 2.36. The molecule has 0 aliphatic carbocycles. The van der Waals surface area contributed by atoms with E-state index in [4.69, 9.17) is 0 Å². The molecule has 4 nitrogen and oxygen atoms in total. The van der Waals surface area contributed by atoms with Gasteiger partial charge in [0.15, 0.2) is 0 Å². The Morgan fingerprint density at radius 1 is 1.07 bits per heavy atom. The fraction of sp³-hybridized carbons (Fsp3) is 0.227. The maximum Gasteiger partial charge on any atom is 0.219 e. The standard InChI is InChI=1S/C22H22N2O2S/c1-17-6-4-7-18(14-17)16-27(25,26)24-13-11-19-8-2-3-10-21(19)22(24)20-9-5-12-23-15-20/h2-10,12,14-15,22H,11,13,16H2,1H3. The molecule has 0 fully saturated rings. The number of aryl methyl sites for hydroxylation is 1. The Hall–Kier alpha value is -2.50. The molecule has 2 heterocycles. The lowest BCUT2D eigenvalue weighted by Gasteiger charge is -2.36. The number of hydrogen-bond acceptors (Lipinski definition) is 3. The first-order valence-corrected chi connectivity index (χ1v) is 10.7. The molecule has 1 unspecified atom stereocenters. The number of hydrogen-bond donors (Lipinski definition) is 0. The number of rotatable bonds is 4. The Kier molecular flexibility index (Phi) is 4.81. The molecule has 1 aliphatic rings. The lowest BCUT2D eigenvalue weighted by Crippen LogP contribution is -2.41. The molecule has 3 aromatic rings. The third-order valence-corrected chi connectivity index (χ3v) is 6.83. The summed E-state index contributed by atoms with van der Waals surface area (Å²) < 4.78 is 28.4. The first kappa shape index (κ1) is 17.9. The molecule has 1 aromatic heterocycles. The van der Waals surface area contributed by atoms with E-state index in [-0.39, 0.29) is 11.8 Å². The summed E-state index contributed by atoms with van der Waals surface area (Å²) in [5.74, 6) is 0.00755. The van der Waals surface area contributed by atoms with Crippen LogP contribution in [0.15, 0.2) is 73.1 Å². The number of benzene rings is 2. The van der Waals surface area contributed by atoms with Gasteiger partial charge in [-0.1, -0.05) is 60.2 Å². The fourth-order valence-electron chi connectivity index (χ4n) is 3.82. The Bertz CT molecular complexity index is 1050. The van der Waals surface area contributed by atoms with E-state index in [0.717, 1.165) is 28.7 Å². The predicted octanol–water partition coefficient (Wildman–Crippen LogP) is 3.87. The quantitative estimate of drug-likeness (QED) is 0.692. The summed E-state index contributed by atoms with van der Waals surface area (Å²) in [4.78, 5) is 4.22. The topological polar surface area (TPSA) is 50.3 Å². The van der Waals surface area contributed by atoms with Gasteiger partial charge in [-0.05, 0) is 41.7 Å². The SMILES string of the molecule is Cc1cccc(CS(=O)(=O)N2CCc3ccccc3C2c2cccnc2)c1. The van der Waals surface area contributed by atoms with Crippen LogP contribution in [0.25, 0.3) is 0 Å². The largest absolute Gasteiger partial charge is 0.264 e. The number of aromatic nitrogens is 1. The summed E-state index contributed by atoms with van der Waals surface area (Å²) in [5.41, 5.74) is 5.03. The van der Waals surface area contributed by atoms with Gasteiger partial charge in [-0.3, -0.25) is 4.98 Å². The van der Waals surface area contributed by atoms with Crippen LogP contribution in [0.1, 0.15) is 33.9 Å². The van der Waals surface area contributed by atoms with Crippen LogP contribution < -0.4 is 0 Å². The van der Waals surface area contributed by atoms with Crippen LogP contribution in [0.4, 0.5) is 0 Å². The number of sulfonamides is 1. The van der Waals surface area contributed by atoms with Crippen LogP contribution in [0.3, 0.4) is 0 Å². The molecular formula is C22H22N2O2S. The van der Waals surface area contributed by atoms with Crippen LogP contribution in [-0.2, 0) is 22.2 Å². The third kappa shape index (κ3) is 3.66. The summed E-state index contributed by atoms with van der Waals surface area (Å²) in [6, 6.07) is 19.3. The zero-order chi connectivity index (χ0) is 18.9. The van der Waals surface area contributed by atoms with Crippen LogP contribution >= 0.6 is 0 Å². The minimum absolute atomic E-state index is 0.00755. The van der Waals surface area contributed by atoms with Gasteiger partial charge >= 0.3 is 0 Å². The summed E-state index contributed by atoms with van der Waals surface area (Å²) in [6.45, 7) is 2.45. The van der Waals surface area contributed by atoms with Crippen molar-refractivity contribution in [2.75, 3.05) is 6.54 Å². The molecule has 1 atom stereocenters. The van der Waals surface area contributed by atoms with E-state index in [1.54, 1.807) is 16.7 Å². The van der Waals surface area contributed by atoms with Crippen LogP contribution in [0.5, 0.6) is 0 Å². The number of pyridine rings is 1. The Morgan fingerprint density at radius 3 is 2.70 bits per heavy atom. The highest BCUT2D eigenvalue weighted by molar-refractivity contribution is 7.88. The van der Waals surface area contributed by atoms with Crippen LogP contribution in [0.2, 0.25) is 0 Å². The molecule has 0 N–H and O–H groups in total. The van der Waals surface area contributed by atoms with Gasteiger partial charge in [0.25, 0.3) is 0 Å². The van der Waals surface area contributed by atoms with Crippen molar-refractivity contribution in [1.82, 2.24) is 9.29 Å². The molecule has 5 heteroatoms. The molecule has 138 valence electrons. The zero-order valence-corrected chi connectivity index (χ0v) is 16.1. The van der Waals surface area contributed by atoms with E-state index in [2.05, 4.69) is 11.1 Å². The van der Waals surface area contributed by atoms with E-state index in [0.29, 0.717) is 6.54 Å². The van der Waals surface area contributed by atoms with Crippen molar-refractivity contribution in [2.45, 2.75) is 25.1 Å². The molecule has 0 amide bonds. The lowest BCUT2D eigenvalue weighted by molar-refractivity contribution is 0.343. The molecule has 0 spiro atoms. The van der Waals surface area contributed by atoms with Gasteiger partial charge in [0, 0.05) is 18.9 Å². The van der Waals surface area contributed by atoms with Crippen LogP contribution in [0, 0.1) is 6.92 Å².